The second-order valence-corrected chi connectivity index (χ2v) is 4.98. The standard InChI is InChI=1S/C15H23N/c1-3-6-13-8-10-14(11-9-13)15-7-4-5-12-16(15)2/h8-11,15H,3-7,12H2,1-2H3. The predicted molar refractivity (Wildman–Crippen MR) is 69.7 cm³/mol. The summed E-state index contributed by atoms with van der Waals surface area (Å²) in [4.78, 5) is 2.50. The lowest BCUT2D eigenvalue weighted by Crippen LogP contribution is -2.29. The molecule has 0 amide bonds. The minimum Gasteiger partial charge on any atom is -0.299 e. The highest BCUT2D eigenvalue weighted by Crippen LogP contribution is 2.29. The summed E-state index contributed by atoms with van der Waals surface area (Å²) in [5.41, 5.74) is 2.98. The fourth-order valence-electron chi connectivity index (χ4n) is 2.69. The quantitative estimate of drug-likeness (QED) is 0.744. The SMILES string of the molecule is CCCc1ccc(C2CCCCN2C)cc1. The molecule has 0 bridgehead atoms. The molecule has 88 valence electrons. The lowest BCUT2D eigenvalue weighted by Gasteiger charge is -2.32. The molecule has 0 aliphatic carbocycles. The van der Waals surface area contributed by atoms with Crippen LogP contribution in [0.1, 0.15) is 49.8 Å². The van der Waals surface area contributed by atoms with Crippen molar-refractivity contribution >= 4 is 0 Å². The molecule has 1 aliphatic rings. The van der Waals surface area contributed by atoms with E-state index in [1.807, 2.05) is 0 Å². The zero-order valence-corrected chi connectivity index (χ0v) is 10.6. The van der Waals surface area contributed by atoms with E-state index in [-0.39, 0.29) is 0 Å². The van der Waals surface area contributed by atoms with Crippen molar-refractivity contribution in [3.05, 3.63) is 35.4 Å². The summed E-state index contributed by atoms with van der Waals surface area (Å²) in [6, 6.07) is 9.93. The summed E-state index contributed by atoms with van der Waals surface area (Å²) in [5, 5.41) is 0. The molecule has 2 rings (SSSR count). The molecular weight excluding hydrogens is 194 g/mol. The zero-order valence-electron chi connectivity index (χ0n) is 10.6. The normalized spacial score (nSPS) is 22.2. The molecule has 0 saturated carbocycles. The largest absolute Gasteiger partial charge is 0.299 e. The highest BCUT2D eigenvalue weighted by atomic mass is 15.1. The highest BCUT2D eigenvalue weighted by molar-refractivity contribution is 5.25. The van der Waals surface area contributed by atoms with E-state index in [2.05, 4.69) is 43.1 Å². The van der Waals surface area contributed by atoms with E-state index in [1.54, 1.807) is 0 Å². The van der Waals surface area contributed by atoms with Crippen LogP contribution in [0.25, 0.3) is 0 Å². The molecule has 1 heteroatoms. The summed E-state index contributed by atoms with van der Waals surface area (Å²) in [7, 11) is 2.25. The van der Waals surface area contributed by atoms with Gasteiger partial charge in [0.1, 0.15) is 0 Å². The van der Waals surface area contributed by atoms with Gasteiger partial charge in [0, 0.05) is 6.04 Å². The summed E-state index contributed by atoms with van der Waals surface area (Å²) in [5.74, 6) is 0. The fraction of sp³-hybridized carbons (Fsp3) is 0.600. The van der Waals surface area contributed by atoms with Crippen LogP contribution in [-0.4, -0.2) is 18.5 Å². The molecule has 0 radical (unpaired) electrons. The molecule has 0 aromatic heterocycles. The van der Waals surface area contributed by atoms with Crippen LogP contribution >= 0.6 is 0 Å². The number of piperidine rings is 1. The van der Waals surface area contributed by atoms with Gasteiger partial charge in [0.2, 0.25) is 0 Å². The number of nitrogens with zero attached hydrogens (tertiary/aromatic N) is 1. The molecule has 0 spiro atoms. The van der Waals surface area contributed by atoms with Crippen molar-refractivity contribution < 1.29 is 0 Å². The Bertz CT molecular complexity index is 315. The molecule has 0 N–H and O–H groups in total. The van der Waals surface area contributed by atoms with Crippen LogP contribution in [0, 0.1) is 0 Å². The fourth-order valence-corrected chi connectivity index (χ4v) is 2.69. The lowest BCUT2D eigenvalue weighted by atomic mass is 9.95. The van der Waals surface area contributed by atoms with Gasteiger partial charge in [0.05, 0.1) is 0 Å². The number of benzene rings is 1. The minimum atomic E-state index is 0.657. The molecular formula is C15H23N. The van der Waals surface area contributed by atoms with Gasteiger partial charge in [0.25, 0.3) is 0 Å². The summed E-state index contributed by atoms with van der Waals surface area (Å²) in [6.07, 6.45) is 6.51. The Labute approximate surface area is 99.5 Å². The monoisotopic (exact) mass is 217 g/mol. The predicted octanol–water partition coefficient (Wildman–Crippen LogP) is 3.80. The zero-order chi connectivity index (χ0) is 11.4. The van der Waals surface area contributed by atoms with Gasteiger partial charge in [-0.2, -0.15) is 0 Å². The first-order valence-corrected chi connectivity index (χ1v) is 6.60. The average molecular weight is 217 g/mol. The Morgan fingerprint density at radius 3 is 2.56 bits per heavy atom. The second-order valence-electron chi connectivity index (χ2n) is 4.98. The van der Waals surface area contributed by atoms with Gasteiger partial charge in [-0.3, -0.25) is 4.90 Å². The molecule has 1 fully saturated rings. The van der Waals surface area contributed by atoms with Gasteiger partial charge in [-0.1, -0.05) is 44.0 Å². The number of rotatable bonds is 3. The van der Waals surface area contributed by atoms with E-state index in [0.717, 1.165) is 0 Å². The Morgan fingerprint density at radius 2 is 1.94 bits per heavy atom. The van der Waals surface area contributed by atoms with Gasteiger partial charge < -0.3 is 0 Å². The molecule has 1 atom stereocenters. The van der Waals surface area contributed by atoms with Crippen molar-refractivity contribution in [3.8, 4) is 0 Å². The maximum atomic E-state index is 2.50. The van der Waals surface area contributed by atoms with Crippen molar-refractivity contribution in [2.45, 2.75) is 45.1 Å². The van der Waals surface area contributed by atoms with Crippen LogP contribution in [0.3, 0.4) is 0 Å². The first kappa shape index (κ1) is 11.7. The maximum Gasteiger partial charge on any atom is 0.0345 e. The van der Waals surface area contributed by atoms with Crippen molar-refractivity contribution in [2.75, 3.05) is 13.6 Å². The molecule has 16 heavy (non-hydrogen) atoms. The molecule has 1 aliphatic heterocycles. The Balaban J connectivity index is 2.08. The van der Waals surface area contributed by atoms with Crippen LogP contribution in [0.5, 0.6) is 0 Å². The number of hydrogen-bond donors (Lipinski definition) is 0. The lowest BCUT2D eigenvalue weighted by molar-refractivity contribution is 0.187. The van der Waals surface area contributed by atoms with Gasteiger partial charge >= 0.3 is 0 Å². The van der Waals surface area contributed by atoms with E-state index >= 15 is 0 Å². The molecule has 1 aromatic rings. The third kappa shape index (κ3) is 2.65. The van der Waals surface area contributed by atoms with Gasteiger partial charge in [-0.25, -0.2) is 0 Å². The summed E-state index contributed by atoms with van der Waals surface area (Å²) < 4.78 is 0. The topological polar surface area (TPSA) is 3.24 Å². The van der Waals surface area contributed by atoms with Gasteiger partial charge in [-0.15, -0.1) is 0 Å². The van der Waals surface area contributed by atoms with E-state index in [9.17, 15) is 0 Å². The first-order valence-electron chi connectivity index (χ1n) is 6.60. The number of hydrogen-bond acceptors (Lipinski definition) is 1. The Kier molecular flexibility index (Phi) is 4.00. The van der Waals surface area contributed by atoms with Gasteiger partial charge in [-0.05, 0) is 44.0 Å². The summed E-state index contributed by atoms with van der Waals surface area (Å²) in [6.45, 7) is 3.49. The molecule has 1 unspecified atom stereocenters. The number of aryl methyl sites for hydroxylation is 1. The molecule has 1 heterocycles. The van der Waals surface area contributed by atoms with Crippen LogP contribution in [-0.2, 0) is 6.42 Å². The van der Waals surface area contributed by atoms with E-state index in [1.165, 1.54) is 49.8 Å². The highest BCUT2D eigenvalue weighted by Gasteiger charge is 2.19. The number of likely N-dealkylation sites (tertiary alicyclic amines) is 1. The van der Waals surface area contributed by atoms with Crippen molar-refractivity contribution in [2.24, 2.45) is 0 Å². The van der Waals surface area contributed by atoms with Crippen molar-refractivity contribution in [1.82, 2.24) is 4.90 Å². The minimum absolute atomic E-state index is 0.657. The van der Waals surface area contributed by atoms with E-state index < -0.39 is 0 Å². The van der Waals surface area contributed by atoms with Gasteiger partial charge in [0.15, 0.2) is 0 Å². The van der Waals surface area contributed by atoms with Crippen LogP contribution in [0.4, 0.5) is 0 Å². The van der Waals surface area contributed by atoms with E-state index in [4.69, 9.17) is 0 Å². The molecule has 1 saturated heterocycles. The Morgan fingerprint density at radius 1 is 1.19 bits per heavy atom. The van der Waals surface area contributed by atoms with Crippen molar-refractivity contribution in [1.29, 1.82) is 0 Å². The van der Waals surface area contributed by atoms with Crippen molar-refractivity contribution in [3.63, 3.8) is 0 Å². The average Bonchev–Trinajstić information content (AvgIpc) is 2.31. The third-order valence-electron chi connectivity index (χ3n) is 3.67. The summed E-state index contributed by atoms with van der Waals surface area (Å²) >= 11 is 0. The third-order valence-corrected chi connectivity index (χ3v) is 3.67. The Hall–Kier alpha value is -0.820. The first-order chi connectivity index (χ1) is 7.81. The van der Waals surface area contributed by atoms with Crippen LogP contribution in [0.15, 0.2) is 24.3 Å². The van der Waals surface area contributed by atoms with E-state index in [0.29, 0.717) is 6.04 Å². The maximum absolute atomic E-state index is 2.50. The second kappa shape index (κ2) is 5.49. The smallest absolute Gasteiger partial charge is 0.0345 e. The molecule has 1 nitrogen and oxygen atoms in total. The van der Waals surface area contributed by atoms with Crippen LogP contribution in [0.2, 0.25) is 0 Å². The van der Waals surface area contributed by atoms with Crippen LogP contribution < -0.4 is 0 Å². The molecule has 1 aromatic carbocycles.